The van der Waals surface area contributed by atoms with Gasteiger partial charge in [-0.15, -0.1) is 0 Å². The first-order chi connectivity index (χ1) is 11.4. The van der Waals surface area contributed by atoms with Crippen LogP contribution in [0.4, 0.5) is 14.5 Å². The Kier molecular flexibility index (Phi) is 4.09. The first-order valence-electron chi connectivity index (χ1n) is 7.50. The van der Waals surface area contributed by atoms with Crippen molar-refractivity contribution in [1.29, 1.82) is 0 Å². The molecular weight excluding hydrogens is 318 g/mol. The lowest BCUT2D eigenvalue weighted by Gasteiger charge is -2.07. The van der Waals surface area contributed by atoms with Crippen molar-refractivity contribution in [2.75, 3.05) is 12.4 Å². The van der Waals surface area contributed by atoms with E-state index in [0.29, 0.717) is 29.8 Å². The van der Waals surface area contributed by atoms with Crippen molar-refractivity contribution in [2.45, 2.75) is 26.3 Å². The lowest BCUT2D eigenvalue weighted by Crippen LogP contribution is -2.15. The van der Waals surface area contributed by atoms with Gasteiger partial charge in [0.25, 0.3) is 5.91 Å². The van der Waals surface area contributed by atoms with Crippen LogP contribution in [0.3, 0.4) is 0 Å². The van der Waals surface area contributed by atoms with Gasteiger partial charge in [-0.3, -0.25) is 4.79 Å². The molecule has 7 heteroatoms. The number of rotatable bonds is 3. The molecule has 1 aromatic carbocycles. The molecule has 1 amide bonds. The number of fused-ring (bicyclic) bond motifs is 1. The summed E-state index contributed by atoms with van der Waals surface area (Å²) >= 11 is 0. The molecule has 0 radical (unpaired) electrons. The van der Waals surface area contributed by atoms with Gasteiger partial charge in [0.15, 0.2) is 11.6 Å². The molecule has 0 atom stereocenters. The van der Waals surface area contributed by atoms with Crippen molar-refractivity contribution in [2.24, 2.45) is 0 Å². The zero-order chi connectivity index (χ0) is 17.4. The van der Waals surface area contributed by atoms with Gasteiger partial charge < -0.3 is 14.6 Å². The van der Waals surface area contributed by atoms with Crippen molar-refractivity contribution in [3.63, 3.8) is 0 Å². The number of hydrogen-bond acceptors (Lipinski definition) is 3. The van der Waals surface area contributed by atoms with Gasteiger partial charge in [-0.25, -0.2) is 13.6 Å². The summed E-state index contributed by atoms with van der Waals surface area (Å²) in [6.07, 6.45) is 1.49. The third-order valence-corrected chi connectivity index (χ3v) is 4.19. The van der Waals surface area contributed by atoms with Gasteiger partial charge in [0.2, 0.25) is 0 Å². The van der Waals surface area contributed by atoms with Gasteiger partial charge in [-0.05, 0) is 37.5 Å². The minimum Gasteiger partial charge on any atom is -0.464 e. The van der Waals surface area contributed by atoms with E-state index in [1.165, 1.54) is 13.2 Å². The number of ether oxygens (including phenoxy) is 1. The Balaban J connectivity index is 1.98. The summed E-state index contributed by atoms with van der Waals surface area (Å²) < 4.78 is 32.9. The average Bonchev–Trinajstić information content (AvgIpc) is 3.09. The molecule has 3 rings (SSSR count). The summed E-state index contributed by atoms with van der Waals surface area (Å²) in [5.41, 5.74) is 2.18. The molecule has 1 aliphatic rings. The van der Waals surface area contributed by atoms with E-state index in [-0.39, 0.29) is 5.69 Å². The Morgan fingerprint density at radius 1 is 1.25 bits per heavy atom. The van der Waals surface area contributed by atoms with E-state index < -0.39 is 23.5 Å². The highest BCUT2D eigenvalue weighted by molar-refractivity contribution is 6.08. The molecule has 0 fully saturated rings. The summed E-state index contributed by atoms with van der Waals surface area (Å²) in [4.78, 5) is 24.6. The number of esters is 1. The molecule has 126 valence electrons. The van der Waals surface area contributed by atoms with E-state index in [1.807, 2.05) is 0 Å². The number of hydrogen-bond donors (Lipinski definition) is 1. The highest BCUT2D eigenvalue weighted by Crippen LogP contribution is 2.30. The number of halogens is 2. The maximum Gasteiger partial charge on any atom is 0.354 e. The SMILES string of the molecule is COC(=O)c1c(C)c(C(=O)Nc2ccc(F)c(F)c2)c2n1CCC2. The Hall–Kier alpha value is -2.70. The number of aromatic nitrogens is 1. The monoisotopic (exact) mass is 334 g/mol. The van der Waals surface area contributed by atoms with E-state index in [1.54, 1.807) is 11.5 Å². The molecule has 0 spiro atoms. The van der Waals surface area contributed by atoms with Gasteiger partial charge in [0.05, 0.1) is 12.7 Å². The normalized spacial score (nSPS) is 12.8. The fourth-order valence-electron chi connectivity index (χ4n) is 3.15. The predicted octanol–water partition coefficient (Wildman–Crippen LogP) is 3.06. The van der Waals surface area contributed by atoms with Gasteiger partial charge in [0, 0.05) is 24.0 Å². The second-order valence-corrected chi connectivity index (χ2v) is 5.63. The van der Waals surface area contributed by atoms with Gasteiger partial charge >= 0.3 is 5.97 Å². The molecule has 2 heterocycles. The third-order valence-electron chi connectivity index (χ3n) is 4.19. The lowest BCUT2D eigenvalue weighted by atomic mass is 10.1. The molecule has 1 aliphatic heterocycles. The maximum absolute atomic E-state index is 13.3. The summed E-state index contributed by atoms with van der Waals surface area (Å²) in [6.45, 7) is 2.32. The highest BCUT2D eigenvalue weighted by Gasteiger charge is 2.31. The summed E-state index contributed by atoms with van der Waals surface area (Å²) in [6, 6.07) is 3.14. The second kappa shape index (κ2) is 6.07. The number of nitrogens with one attached hydrogen (secondary N) is 1. The number of carbonyl (C=O) groups excluding carboxylic acids is 2. The standard InChI is InChI=1S/C17H16F2N2O3/c1-9-14(13-4-3-7-21(13)15(9)17(23)24-2)16(22)20-10-5-6-11(18)12(19)8-10/h5-6,8H,3-4,7H2,1-2H3,(H,20,22). The fourth-order valence-corrected chi connectivity index (χ4v) is 3.15. The largest absolute Gasteiger partial charge is 0.464 e. The minimum absolute atomic E-state index is 0.149. The van der Waals surface area contributed by atoms with Crippen molar-refractivity contribution >= 4 is 17.6 Å². The molecule has 1 aromatic heterocycles. The molecule has 5 nitrogen and oxygen atoms in total. The van der Waals surface area contributed by atoms with Gasteiger partial charge in [-0.1, -0.05) is 0 Å². The Morgan fingerprint density at radius 3 is 2.67 bits per heavy atom. The van der Waals surface area contributed by atoms with Crippen LogP contribution >= 0.6 is 0 Å². The fraction of sp³-hybridized carbons (Fsp3) is 0.294. The number of nitrogens with zero attached hydrogens (tertiary/aromatic N) is 1. The first kappa shape index (κ1) is 16.2. The van der Waals surface area contributed by atoms with Crippen LogP contribution in [0, 0.1) is 18.6 Å². The molecule has 1 N–H and O–H groups in total. The predicted molar refractivity (Wildman–Crippen MR) is 83.1 cm³/mol. The Bertz CT molecular complexity index is 843. The van der Waals surface area contributed by atoms with Crippen LogP contribution in [0.5, 0.6) is 0 Å². The quantitative estimate of drug-likeness (QED) is 0.878. The lowest BCUT2D eigenvalue weighted by molar-refractivity contribution is 0.0588. The van der Waals surface area contributed by atoms with Crippen LogP contribution in [0.2, 0.25) is 0 Å². The smallest absolute Gasteiger partial charge is 0.354 e. The Labute approximate surface area is 137 Å². The van der Waals surface area contributed by atoms with Crippen LogP contribution < -0.4 is 5.32 Å². The van der Waals surface area contributed by atoms with Crippen LogP contribution in [0.15, 0.2) is 18.2 Å². The van der Waals surface area contributed by atoms with Crippen molar-refractivity contribution in [3.8, 4) is 0 Å². The zero-order valence-electron chi connectivity index (χ0n) is 13.3. The molecule has 24 heavy (non-hydrogen) atoms. The van der Waals surface area contributed by atoms with Gasteiger partial charge in [-0.2, -0.15) is 0 Å². The minimum atomic E-state index is -1.04. The summed E-state index contributed by atoms with van der Waals surface area (Å²) in [7, 11) is 1.29. The number of carbonyl (C=O) groups is 2. The molecule has 0 bridgehead atoms. The zero-order valence-corrected chi connectivity index (χ0v) is 13.3. The van der Waals surface area contributed by atoms with Crippen LogP contribution in [0.25, 0.3) is 0 Å². The molecule has 0 unspecified atom stereocenters. The summed E-state index contributed by atoms with van der Waals surface area (Å²) in [5.74, 6) is -2.98. The van der Waals surface area contributed by atoms with E-state index in [4.69, 9.17) is 4.74 Å². The number of benzene rings is 1. The van der Waals surface area contributed by atoms with Crippen LogP contribution in [-0.4, -0.2) is 23.6 Å². The topological polar surface area (TPSA) is 60.3 Å². The van der Waals surface area contributed by atoms with E-state index in [9.17, 15) is 18.4 Å². The molecule has 0 saturated carbocycles. The van der Waals surface area contributed by atoms with Gasteiger partial charge in [0.1, 0.15) is 5.69 Å². The molecule has 0 aliphatic carbocycles. The van der Waals surface area contributed by atoms with Crippen molar-refractivity contribution in [3.05, 3.63) is 52.3 Å². The molecule has 2 aromatic rings. The highest BCUT2D eigenvalue weighted by atomic mass is 19.2. The molecule has 0 saturated heterocycles. The van der Waals surface area contributed by atoms with Crippen LogP contribution in [-0.2, 0) is 17.7 Å². The van der Waals surface area contributed by atoms with E-state index in [2.05, 4.69) is 5.32 Å². The average molecular weight is 334 g/mol. The first-order valence-corrected chi connectivity index (χ1v) is 7.50. The number of anilines is 1. The van der Waals surface area contributed by atoms with Crippen molar-refractivity contribution in [1.82, 2.24) is 4.57 Å². The van der Waals surface area contributed by atoms with Crippen molar-refractivity contribution < 1.29 is 23.1 Å². The van der Waals surface area contributed by atoms with E-state index >= 15 is 0 Å². The Morgan fingerprint density at radius 2 is 2.00 bits per heavy atom. The third kappa shape index (κ3) is 2.55. The van der Waals surface area contributed by atoms with Crippen LogP contribution in [0.1, 0.15) is 38.5 Å². The maximum atomic E-state index is 13.3. The van der Waals surface area contributed by atoms with E-state index in [0.717, 1.165) is 24.2 Å². The molecular formula is C17H16F2N2O3. The summed E-state index contributed by atoms with van der Waals surface area (Å²) in [5, 5.41) is 2.56. The second-order valence-electron chi connectivity index (χ2n) is 5.63. The number of amides is 1. The number of methoxy groups -OCH3 is 1.